The first-order chi connectivity index (χ1) is 8.95. The zero-order chi connectivity index (χ0) is 14.4. The van der Waals surface area contributed by atoms with E-state index >= 15 is 0 Å². The summed E-state index contributed by atoms with van der Waals surface area (Å²) in [5.41, 5.74) is 8.44. The van der Waals surface area contributed by atoms with Gasteiger partial charge in [-0.1, -0.05) is 24.6 Å². The van der Waals surface area contributed by atoms with Gasteiger partial charge < -0.3 is 15.5 Å². The van der Waals surface area contributed by atoms with Crippen LogP contribution >= 0.6 is 11.6 Å². The van der Waals surface area contributed by atoms with Crippen LogP contribution in [0.5, 0.6) is 0 Å². The van der Waals surface area contributed by atoms with Gasteiger partial charge >= 0.3 is 0 Å². The number of hydrogen-bond donors (Lipinski definition) is 1. The number of nitrogens with zero attached hydrogens (tertiary/aromatic N) is 2. The molecule has 0 aromatic heterocycles. The van der Waals surface area contributed by atoms with Crippen LogP contribution in [0.1, 0.15) is 18.9 Å². The molecule has 0 bridgehead atoms. The molecular weight excluding hydrogens is 258 g/mol. The first kappa shape index (κ1) is 16.3. The average molecular weight is 284 g/mol. The van der Waals surface area contributed by atoms with Crippen molar-refractivity contribution in [2.24, 2.45) is 5.73 Å². The molecule has 2 N–H and O–H groups in total. The van der Waals surface area contributed by atoms with Gasteiger partial charge in [-0.05, 0) is 44.6 Å². The van der Waals surface area contributed by atoms with Gasteiger partial charge in [-0.15, -0.1) is 0 Å². The lowest BCUT2D eigenvalue weighted by atomic mass is 10.0. The summed E-state index contributed by atoms with van der Waals surface area (Å²) < 4.78 is 0. The SMILES string of the molecule is CCC(N)Cc1c(Cl)cccc1N(C)CCN(C)C. The highest BCUT2D eigenvalue weighted by Gasteiger charge is 2.13. The molecule has 0 spiro atoms. The molecule has 0 amide bonds. The van der Waals surface area contributed by atoms with Crippen LogP contribution in [0.15, 0.2) is 18.2 Å². The molecule has 1 aromatic carbocycles. The lowest BCUT2D eigenvalue weighted by molar-refractivity contribution is 0.416. The predicted octanol–water partition coefficient (Wildman–Crippen LogP) is 2.62. The second-order valence-corrected chi connectivity index (χ2v) is 5.74. The highest BCUT2D eigenvalue weighted by Crippen LogP contribution is 2.28. The number of benzene rings is 1. The molecule has 0 heterocycles. The minimum atomic E-state index is 0.167. The van der Waals surface area contributed by atoms with E-state index in [0.29, 0.717) is 0 Å². The molecule has 1 rings (SSSR count). The summed E-state index contributed by atoms with van der Waals surface area (Å²) in [6.45, 7) is 4.10. The molecule has 1 aromatic rings. The van der Waals surface area contributed by atoms with Crippen molar-refractivity contribution in [1.29, 1.82) is 0 Å². The van der Waals surface area contributed by atoms with Crippen molar-refractivity contribution in [2.75, 3.05) is 39.1 Å². The Hall–Kier alpha value is -0.770. The van der Waals surface area contributed by atoms with E-state index in [4.69, 9.17) is 17.3 Å². The summed E-state index contributed by atoms with van der Waals surface area (Å²) in [6, 6.07) is 6.24. The van der Waals surface area contributed by atoms with Crippen molar-refractivity contribution >= 4 is 17.3 Å². The second-order valence-electron chi connectivity index (χ2n) is 5.33. The van der Waals surface area contributed by atoms with Crippen LogP contribution in [0.2, 0.25) is 5.02 Å². The Bertz CT molecular complexity index is 393. The minimum absolute atomic E-state index is 0.167. The molecule has 0 fully saturated rings. The normalized spacial score (nSPS) is 12.8. The summed E-state index contributed by atoms with van der Waals surface area (Å²) in [7, 11) is 6.27. The maximum absolute atomic E-state index is 6.34. The molecule has 0 aliphatic carbocycles. The zero-order valence-electron chi connectivity index (χ0n) is 12.5. The fourth-order valence-electron chi connectivity index (χ4n) is 1.98. The Morgan fingerprint density at radius 3 is 2.47 bits per heavy atom. The summed E-state index contributed by atoms with van der Waals surface area (Å²) in [4.78, 5) is 4.43. The van der Waals surface area contributed by atoms with E-state index in [-0.39, 0.29) is 6.04 Å². The van der Waals surface area contributed by atoms with Crippen LogP contribution < -0.4 is 10.6 Å². The maximum atomic E-state index is 6.34. The van der Waals surface area contributed by atoms with Gasteiger partial charge in [-0.25, -0.2) is 0 Å². The monoisotopic (exact) mass is 283 g/mol. The number of halogens is 1. The Morgan fingerprint density at radius 2 is 1.89 bits per heavy atom. The van der Waals surface area contributed by atoms with Crippen LogP contribution in [0.25, 0.3) is 0 Å². The Morgan fingerprint density at radius 1 is 1.21 bits per heavy atom. The van der Waals surface area contributed by atoms with Gasteiger partial charge in [0.2, 0.25) is 0 Å². The van der Waals surface area contributed by atoms with Crippen LogP contribution in [0.4, 0.5) is 5.69 Å². The first-order valence-electron chi connectivity index (χ1n) is 6.84. The van der Waals surface area contributed by atoms with Gasteiger partial charge in [-0.3, -0.25) is 0 Å². The molecular formula is C15H26ClN3. The number of hydrogen-bond acceptors (Lipinski definition) is 3. The molecule has 1 atom stereocenters. The van der Waals surface area contributed by atoms with E-state index < -0.39 is 0 Å². The van der Waals surface area contributed by atoms with E-state index in [9.17, 15) is 0 Å². The van der Waals surface area contributed by atoms with Crippen LogP contribution in [0.3, 0.4) is 0 Å². The first-order valence-corrected chi connectivity index (χ1v) is 7.22. The van der Waals surface area contributed by atoms with Gasteiger partial charge in [0.05, 0.1) is 0 Å². The van der Waals surface area contributed by atoms with Crippen molar-refractivity contribution < 1.29 is 0 Å². The Labute approximate surface area is 122 Å². The van der Waals surface area contributed by atoms with Crippen molar-refractivity contribution in [2.45, 2.75) is 25.8 Å². The topological polar surface area (TPSA) is 32.5 Å². The van der Waals surface area contributed by atoms with Gasteiger partial charge in [0.1, 0.15) is 0 Å². The lowest BCUT2D eigenvalue weighted by Crippen LogP contribution is -2.30. The quantitative estimate of drug-likeness (QED) is 0.835. The standard InChI is InChI=1S/C15H26ClN3/c1-5-12(17)11-13-14(16)7-6-8-15(13)19(4)10-9-18(2)3/h6-8,12H,5,9-11,17H2,1-4H3. The molecule has 0 aliphatic heterocycles. The van der Waals surface area contributed by atoms with Crippen molar-refractivity contribution in [3.05, 3.63) is 28.8 Å². The zero-order valence-corrected chi connectivity index (χ0v) is 13.2. The van der Waals surface area contributed by atoms with E-state index in [2.05, 4.69) is 43.9 Å². The average Bonchev–Trinajstić information content (AvgIpc) is 2.38. The number of nitrogens with two attached hydrogens (primary N) is 1. The number of rotatable bonds is 7. The fraction of sp³-hybridized carbons (Fsp3) is 0.600. The summed E-state index contributed by atoms with van der Waals surface area (Å²) in [6.07, 6.45) is 1.80. The largest absolute Gasteiger partial charge is 0.373 e. The Balaban J connectivity index is 2.89. The predicted molar refractivity (Wildman–Crippen MR) is 85.2 cm³/mol. The molecule has 0 radical (unpaired) electrons. The van der Waals surface area contributed by atoms with E-state index in [1.807, 2.05) is 12.1 Å². The van der Waals surface area contributed by atoms with Crippen LogP contribution in [-0.2, 0) is 6.42 Å². The van der Waals surface area contributed by atoms with Gasteiger partial charge in [0.25, 0.3) is 0 Å². The molecule has 0 saturated carbocycles. The van der Waals surface area contributed by atoms with Crippen LogP contribution in [-0.4, -0.2) is 45.2 Å². The van der Waals surface area contributed by atoms with Crippen molar-refractivity contribution in [3.8, 4) is 0 Å². The molecule has 3 nitrogen and oxygen atoms in total. The van der Waals surface area contributed by atoms with Crippen molar-refractivity contribution in [3.63, 3.8) is 0 Å². The summed E-state index contributed by atoms with van der Waals surface area (Å²) in [5, 5.41) is 0.818. The highest BCUT2D eigenvalue weighted by atomic mass is 35.5. The summed E-state index contributed by atoms with van der Waals surface area (Å²) >= 11 is 6.34. The molecule has 19 heavy (non-hydrogen) atoms. The number of likely N-dealkylation sites (N-methyl/N-ethyl adjacent to an activating group) is 2. The highest BCUT2D eigenvalue weighted by molar-refractivity contribution is 6.31. The van der Waals surface area contributed by atoms with Gasteiger partial charge in [-0.2, -0.15) is 0 Å². The second kappa shape index (κ2) is 7.73. The smallest absolute Gasteiger partial charge is 0.0459 e. The Kier molecular flexibility index (Phi) is 6.63. The molecule has 0 aliphatic rings. The molecule has 1 unspecified atom stereocenters. The summed E-state index contributed by atoms with van der Waals surface area (Å²) in [5.74, 6) is 0. The van der Waals surface area contributed by atoms with Gasteiger partial charge in [0, 0.05) is 36.9 Å². The fourth-order valence-corrected chi connectivity index (χ4v) is 2.23. The molecule has 0 saturated heterocycles. The number of anilines is 1. The van der Waals surface area contributed by atoms with Crippen LogP contribution in [0, 0.1) is 0 Å². The lowest BCUT2D eigenvalue weighted by Gasteiger charge is -2.25. The third kappa shape index (κ3) is 5.01. The maximum Gasteiger partial charge on any atom is 0.0459 e. The van der Waals surface area contributed by atoms with E-state index in [0.717, 1.165) is 31.0 Å². The van der Waals surface area contributed by atoms with Crippen molar-refractivity contribution in [1.82, 2.24) is 4.90 Å². The minimum Gasteiger partial charge on any atom is -0.373 e. The molecule has 108 valence electrons. The third-order valence-corrected chi connectivity index (χ3v) is 3.73. The van der Waals surface area contributed by atoms with E-state index in [1.165, 1.54) is 11.3 Å². The van der Waals surface area contributed by atoms with Gasteiger partial charge in [0.15, 0.2) is 0 Å². The molecule has 4 heteroatoms. The third-order valence-electron chi connectivity index (χ3n) is 3.38. The van der Waals surface area contributed by atoms with E-state index in [1.54, 1.807) is 0 Å².